The number of hydrogen-bond acceptors (Lipinski definition) is 11. The molecule has 7 N–H and O–H groups in total. The molecule has 7 atom stereocenters. The number of imidazole rings is 1. The highest BCUT2D eigenvalue weighted by Crippen LogP contribution is 2.25. The monoisotopic (exact) mass is 423 g/mol. The van der Waals surface area contributed by atoms with Gasteiger partial charge in [0.1, 0.15) is 36.2 Å². The first-order valence-corrected chi connectivity index (χ1v) is 9.62. The molecule has 2 aromatic heterocycles. The second kappa shape index (κ2) is 8.37. The summed E-state index contributed by atoms with van der Waals surface area (Å²) in [6.07, 6.45) is -2.67. The van der Waals surface area contributed by atoms with Gasteiger partial charge in [-0.05, 0) is 13.5 Å². The van der Waals surface area contributed by atoms with E-state index in [4.69, 9.17) is 4.74 Å². The van der Waals surface area contributed by atoms with Crippen LogP contribution in [0, 0.1) is 0 Å². The van der Waals surface area contributed by atoms with Gasteiger partial charge in [-0.1, -0.05) is 0 Å². The highest BCUT2D eigenvalue weighted by atomic mass is 16.5. The lowest BCUT2D eigenvalue weighted by atomic mass is 9.95. The quantitative estimate of drug-likeness (QED) is 0.256. The summed E-state index contributed by atoms with van der Waals surface area (Å²) in [6, 6.07) is -1.85. The van der Waals surface area contributed by atoms with Gasteiger partial charge in [0.05, 0.1) is 25.1 Å². The zero-order valence-corrected chi connectivity index (χ0v) is 16.2. The number of aliphatic hydroxyl groups excluding tert-OH is 4. The van der Waals surface area contributed by atoms with E-state index in [1.807, 2.05) is 0 Å². The summed E-state index contributed by atoms with van der Waals surface area (Å²) < 4.78 is 5.72. The van der Waals surface area contributed by atoms with E-state index in [-0.39, 0.29) is 0 Å². The van der Waals surface area contributed by atoms with Gasteiger partial charge in [0.2, 0.25) is 5.91 Å². The number of ether oxygens (including phenoxy) is 1. The largest absolute Gasteiger partial charge is 0.394 e. The third-order valence-electron chi connectivity index (χ3n) is 5.63. The number of anilines is 1. The highest BCUT2D eigenvalue weighted by molar-refractivity contribution is 5.83. The van der Waals surface area contributed by atoms with Gasteiger partial charge in [-0.25, -0.2) is 15.0 Å². The van der Waals surface area contributed by atoms with E-state index in [2.05, 4.69) is 30.6 Å². The van der Waals surface area contributed by atoms with Crippen LogP contribution in [0.5, 0.6) is 0 Å². The fraction of sp³-hybridized carbons (Fsp3) is 0.647. The summed E-state index contributed by atoms with van der Waals surface area (Å²) in [5, 5.41) is 46.5. The highest BCUT2D eigenvalue weighted by Gasteiger charge is 2.47. The van der Waals surface area contributed by atoms with Gasteiger partial charge in [0.25, 0.3) is 0 Å². The molecule has 2 aromatic rings. The van der Waals surface area contributed by atoms with Gasteiger partial charge in [0.15, 0.2) is 17.7 Å². The van der Waals surface area contributed by atoms with Crippen molar-refractivity contribution in [2.75, 3.05) is 25.5 Å². The number of aromatic nitrogens is 4. The molecule has 13 heteroatoms. The van der Waals surface area contributed by atoms with Crippen molar-refractivity contribution in [2.24, 2.45) is 0 Å². The summed E-state index contributed by atoms with van der Waals surface area (Å²) in [6.45, 7) is 0.0429. The number of rotatable bonds is 5. The van der Waals surface area contributed by atoms with E-state index in [1.54, 1.807) is 11.9 Å². The fourth-order valence-electron chi connectivity index (χ4n) is 3.98. The molecular weight excluding hydrogens is 398 g/mol. The molecule has 0 unspecified atom stereocenters. The molecule has 0 aromatic carbocycles. The Morgan fingerprint density at radius 1 is 1.30 bits per heavy atom. The van der Waals surface area contributed by atoms with Crippen LogP contribution in [0.1, 0.15) is 6.42 Å². The molecule has 2 saturated heterocycles. The first-order chi connectivity index (χ1) is 14.4. The van der Waals surface area contributed by atoms with Gasteiger partial charge in [-0.3, -0.25) is 9.69 Å². The maximum atomic E-state index is 12.7. The van der Waals surface area contributed by atoms with Gasteiger partial charge in [0, 0.05) is 6.54 Å². The Labute approximate surface area is 171 Å². The minimum Gasteiger partial charge on any atom is -0.394 e. The second-order valence-corrected chi connectivity index (χ2v) is 7.54. The van der Waals surface area contributed by atoms with Gasteiger partial charge in [-0.2, -0.15) is 0 Å². The molecule has 4 rings (SSSR count). The van der Waals surface area contributed by atoms with Crippen LogP contribution in [0.4, 0.5) is 5.82 Å². The number of likely N-dealkylation sites (tertiary alicyclic amines) is 1. The second-order valence-electron chi connectivity index (χ2n) is 7.54. The average molecular weight is 423 g/mol. The number of fused-ring (bicyclic) bond motifs is 1. The average Bonchev–Trinajstić information content (AvgIpc) is 3.34. The van der Waals surface area contributed by atoms with Crippen molar-refractivity contribution >= 4 is 22.9 Å². The number of likely N-dealkylation sites (N-methyl/N-ethyl adjacent to an activating group) is 1. The molecule has 2 aliphatic heterocycles. The fourth-order valence-corrected chi connectivity index (χ4v) is 3.98. The smallest absolute Gasteiger partial charge is 0.240 e. The molecule has 4 heterocycles. The standard InChI is InChI=1S/C17H25N7O6/c1-24-3-2-7(26)11(24)16(29)22-9-8(4-25)30-17(13(28)12(9)27)23-15-10-14(19-5-18-10)20-6-21-15/h5-9,11-13,17,25-28H,2-4H2,1H3,(H,22,29)(H2,18,19,20,21,23)/t7-,8-,9-,11-,12+,13-,17-/m0/s1. The molecule has 0 bridgehead atoms. The minimum absolute atomic E-state index is 0.295. The topological polar surface area (TPSA) is 189 Å². The first kappa shape index (κ1) is 20.8. The number of amides is 1. The number of carbonyl (C=O) groups is 1. The zero-order valence-electron chi connectivity index (χ0n) is 16.2. The Bertz CT molecular complexity index is 884. The Balaban J connectivity index is 1.49. The van der Waals surface area contributed by atoms with E-state index in [9.17, 15) is 25.2 Å². The predicted octanol–water partition coefficient (Wildman–Crippen LogP) is -3.25. The first-order valence-electron chi connectivity index (χ1n) is 9.62. The number of carbonyl (C=O) groups excluding carboxylic acids is 1. The van der Waals surface area contributed by atoms with Crippen LogP contribution < -0.4 is 10.6 Å². The van der Waals surface area contributed by atoms with E-state index >= 15 is 0 Å². The van der Waals surface area contributed by atoms with Crippen molar-refractivity contribution in [3.05, 3.63) is 12.7 Å². The van der Waals surface area contributed by atoms with Crippen molar-refractivity contribution in [2.45, 2.75) is 49.1 Å². The van der Waals surface area contributed by atoms with E-state index in [0.29, 0.717) is 29.9 Å². The van der Waals surface area contributed by atoms with Gasteiger partial charge >= 0.3 is 0 Å². The molecule has 0 spiro atoms. The molecule has 2 fully saturated rings. The number of aromatic amines is 1. The molecule has 0 radical (unpaired) electrons. The van der Waals surface area contributed by atoms with Crippen LogP contribution in [0.25, 0.3) is 11.2 Å². The summed E-state index contributed by atoms with van der Waals surface area (Å²) >= 11 is 0. The maximum Gasteiger partial charge on any atom is 0.240 e. The maximum absolute atomic E-state index is 12.7. The van der Waals surface area contributed by atoms with Crippen molar-refractivity contribution in [3.63, 3.8) is 0 Å². The van der Waals surface area contributed by atoms with Gasteiger partial charge in [-0.15, -0.1) is 0 Å². The normalized spacial score (nSPS) is 34.9. The minimum atomic E-state index is -1.45. The number of H-pyrrole nitrogens is 1. The molecule has 0 saturated carbocycles. The van der Waals surface area contributed by atoms with E-state index in [0.717, 1.165) is 0 Å². The summed E-state index contributed by atoms with van der Waals surface area (Å²) in [7, 11) is 1.71. The van der Waals surface area contributed by atoms with Crippen LogP contribution >= 0.6 is 0 Å². The third-order valence-corrected chi connectivity index (χ3v) is 5.63. The van der Waals surface area contributed by atoms with Crippen molar-refractivity contribution in [3.8, 4) is 0 Å². The Morgan fingerprint density at radius 3 is 2.80 bits per heavy atom. The lowest BCUT2D eigenvalue weighted by Crippen LogP contribution is -2.67. The molecular formula is C17H25N7O6. The number of aliphatic hydroxyl groups is 4. The van der Waals surface area contributed by atoms with Crippen molar-refractivity contribution < 1.29 is 30.0 Å². The van der Waals surface area contributed by atoms with Crippen molar-refractivity contribution in [1.29, 1.82) is 0 Å². The Morgan fingerprint density at radius 2 is 2.10 bits per heavy atom. The van der Waals surface area contributed by atoms with Crippen LogP contribution in [0.15, 0.2) is 12.7 Å². The van der Waals surface area contributed by atoms with Crippen LogP contribution in [0.2, 0.25) is 0 Å². The molecule has 1 amide bonds. The number of hydrogen-bond donors (Lipinski definition) is 7. The number of nitrogens with one attached hydrogen (secondary N) is 3. The summed E-state index contributed by atoms with van der Waals surface area (Å²) in [5.74, 6) is -0.217. The molecule has 30 heavy (non-hydrogen) atoms. The predicted molar refractivity (Wildman–Crippen MR) is 102 cm³/mol. The van der Waals surface area contributed by atoms with Crippen LogP contribution in [-0.2, 0) is 9.53 Å². The van der Waals surface area contributed by atoms with Gasteiger partial charge < -0.3 is 40.8 Å². The summed E-state index contributed by atoms with van der Waals surface area (Å²) in [4.78, 5) is 29.3. The third kappa shape index (κ3) is 3.71. The zero-order chi connectivity index (χ0) is 21.4. The summed E-state index contributed by atoms with van der Waals surface area (Å²) in [5.41, 5.74) is 0.887. The van der Waals surface area contributed by atoms with Crippen LogP contribution in [-0.4, -0.2) is 114 Å². The Hall–Kier alpha value is -2.42. The lowest BCUT2D eigenvalue weighted by Gasteiger charge is -2.43. The van der Waals surface area contributed by atoms with E-state index < -0.39 is 55.2 Å². The van der Waals surface area contributed by atoms with Crippen LogP contribution in [0.3, 0.4) is 0 Å². The number of nitrogens with zero attached hydrogens (tertiary/aromatic N) is 4. The molecule has 0 aliphatic carbocycles. The Kier molecular flexibility index (Phi) is 5.81. The molecule has 164 valence electrons. The SMILES string of the molecule is CN1CC[C@H](O)[C@H]1C(=O)N[C@@H]1[C@@H](O)[C@H](O)[C@@H](Nc2ncnc3nc[nH]c23)O[C@H]1CO. The molecule has 2 aliphatic rings. The van der Waals surface area contributed by atoms with Crippen molar-refractivity contribution in [1.82, 2.24) is 30.2 Å². The van der Waals surface area contributed by atoms with E-state index in [1.165, 1.54) is 12.7 Å². The lowest BCUT2D eigenvalue weighted by molar-refractivity contribution is -0.186. The molecule has 13 nitrogen and oxygen atoms in total.